The number of nitrogens with two attached hydrogens (primary N) is 1. The Labute approximate surface area is 157 Å². The van der Waals surface area contributed by atoms with E-state index >= 15 is 0 Å². The fourth-order valence-corrected chi connectivity index (χ4v) is 5.83. The molecule has 0 spiro atoms. The maximum absolute atomic E-state index is 12.5. The van der Waals surface area contributed by atoms with E-state index in [-0.39, 0.29) is 23.4 Å². The summed E-state index contributed by atoms with van der Waals surface area (Å²) in [4.78, 5) is 14.2. The van der Waals surface area contributed by atoms with Crippen molar-refractivity contribution in [1.29, 1.82) is 0 Å². The van der Waals surface area contributed by atoms with Gasteiger partial charge in [-0.2, -0.15) is 0 Å². The Morgan fingerprint density at radius 1 is 1.35 bits per heavy atom. The van der Waals surface area contributed by atoms with Crippen molar-refractivity contribution in [3.8, 4) is 0 Å². The summed E-state index contributed by atoms with van der Waals surface area (Å²) in [7, 11) is 0. The lowest BCUT2D eigenvalue weighted by Gasteiger charge is -2.45. The van der Waals surface area contributed by atoms with Crippen molar-refractivity contribution in [2.45, 2.75) is 45.6 Å². The highest BCUT2D eigenvalue weighted by Crippen LogP contribution is 2.53. The molecule has 3 N–H and O–H groups in total. The van der Waals surface area contributed by atoms with Crippen molar-refractivity contribution in [1.82, 2.24) is 0 Å². The van der Waals surface area contributed by atoms with Gasteiger partial charge in [0.25, 0.3) is 0 Å². The second-order valence-corrected chi connectivity index (χ2v) is 9.26. The Hall–Kier alpha value is -0.910. The average Bonchev–Trinajstić information content (AvgIpc) is 2.92. The van der Waals surface area contributed by atoms with E-state index in [1.54, 1.807) is 10.5 Å². The number of esters is 1. The van der Waals surface area contributed by atoms with Gasteiger partial charge in [-0.15, -0.1) is 0 Å². The first kappa shape index (κ1) is 18.5. The SMILES string of the molecule is C[C@H]1CCC[C@]2(C)C[C@H]3OC(=O)[C@H](C[NH2+]CC[NH+]4CCOCC4)[C@H]3C=C12. The summed E-state index contributed by atoms with van der Waals surface area (Å²) < 4.78 is 11.3. The summed E-state index contributed by atoms with van der Waals surface area (Å²) in [5, 5.41) is 2.34. The third-order valence-corrected chi connectivity index (χ3v) is 7.40. The molecule has 0 bridgehead atoms. The minimum absolute atomic E-state index is 0.0433. The number of hydrogen-bond acceptors (Lipinski definition) is 3. The molecule has 5 nitrogen and oxygen atoms in total. The Bertz CT molecular complexity index is 557. The average molecular weight is 365 g/mol. The molecule has 2 aliphatic carbocycles. The van der Waals surface area contributed by atoms with Crippen molar-refractivity contribution in [2.24, 2.45) is 23.2 Å². The second-order valence-electron chi connectivity index (χ2n) is 9.26. The summed E-state index contributed by atoms with van der Waals surface area (Å²) in [6.07, 6.45) is 7.48. The van der Waals surface area contributed by atoms with Gasteiger partial charge in [0.05, 0.1) is 19.8 Å². The summed E-state index contributed by atoms with van der Waals surface area (Å²) in [6.45, 7) is 11.9. The molecule has 4 rings (SSSR count). The second kappa shape index (κ2) is 7.61. The summed E-state index contributed by atoms with van der Waals surface area (Å²) in [5.74, 6) is 1.06. The predicted octanol–water partition coefficient (Wildman–Crippen LogP) is -0.221. The van der Waals surface area contributed by atoms with E-state index in [9.17, 15) is 4.79 Å². The first-order valence-corrected chi connectivity index (χ1v) is 10.7. The number of morpholine rings is 1. The van der Waals surface area contributed by atoms with Gasteiger partial charge in [-0.25, -0.2) is 0 Å². The first-order chi connectivity index (χ1) is 12.6. The van der Waals surface area contributed by atoms with E-state index in [0.717, 1.165) is 52.4 Å². The third kappa shape index (κ3) is 3.58. The van der Waals surface area contributed by atoms with Gasteiger partial charge < -0.3 is 19.7 Å². The Morgan fingerprint density at radius 2 is 2.15 bits per heavy atom. The molecule has 146 valence electrons. The minimum Gasteiger partial charge on any atom is -0.461 e. The molecule has 4 aliphatic rings. The van der Waals surface area contributed by atoms with E-state index in [1.165, 1.54) is 19.3 Å². The summed E-state index contributed by atoms with van der Waals surface area (Å²) >= 11 is 0. The molecule has 3 fully saturated rings. The van der Waals surface area contributed by atoms with Crippen LogP contribution in [0, 0.1) is 23.2 Å². The van der Waals surface area contributed by atoms with Crippen molar-refractivity contribution in [3.05, 3.63) is 11.6 Å². The van der Waals surface area contributed by atoms with Gasteiger partial charge in [-0.05, 0) is 30.6 Å². The van der Waals surface area contributed by atoms with Crippen molar-refractivity contribution >= 4 is 5.97 Å². The van der Waals surface area contributed by atoms with E-state index < -0.39 is 0 Å². The number of allylic oxidation sites excluding steroid dienone is 1. The maximum atomic E-state index is 12.5. The van der Waals surface area contributed by atoms with Crippen LogP contribution in [0.3, 0.4) is 0 Å². The van der Waals surface area contributed by atoms with Gasteiger partial charge in [0.1, 0.15) is 38.2 Å². The van der Waals surface area contributed by atoms with Crippen molar-refractivity contribution < 1.29 is 24.5 Å². The number of quaternary nitrogens is 2. The number of rotatable bonds is 5. The van der Waals surface area contributed by atoms with Gasteiger partial charge in [0, 0.05) is 5.92 Å². The largest absolute Gasteiger partial charge is 0.461 e. The summed E-state index contributed by atoms with van der Waals surface area (Å²) in [5.41, 5.74) is 1.88. The molecule has 0 aromatic rings. The van der Waals surface area contributed by atoms with Crippen LogP contribution in [-0.2, 0) is 14.3 Å². The Balaban J connectivity index is 1.35. The molecule has 0 unspecified atom stereocenters. The van der Waals surface area contributed by atoms with E-state index in [2.05, 4.69) is 25.2 Å². The van der Waals surface area contributed by atoms with Crippen LogP contribution in [0.1, 0.15) is 39.5 Å². The lowest BCUT2D eigenvalue weighted by molar-refractivity contribution is -0.919. The standard InChI is InChI=1S/C21H34N2O3/c1-15-4-3-5-21(2)13-19-16(12-18(15)21)17(20(24)26-19)14-22-6-7-23-8-10-25-11-9-23/h12,15-17,19,22H,3-11,13-14H2,1-2H3/p+2/t15-,16+,17+,19+,21+/m0/s1. The number of fused-ring (bicyclic) bond motifs is 2. The molecule has 26 heavy (non-hydrogen) atoms. The quantitative estimate of drug-likeness (QED) is 0.403. The van der Waals surface area contributed by atoms with Crippen LogP contribution in [0.25, 0.3) is 0 Å². The molecule has 5 atom stereocenters. The molecule has 2 saturated heterocycles. The highest BCUT2D eigenvalue weighted by Gasteiger charge is 2.52. The predicted molar refractivity (Wildman–Crippen MR) is 98.7 cm³/mol. The first-order valence-electron chi connectivity index (χ1n) is 10.7. The molecule has 0 aromatic carbocycles. The number of hydrogen-bond donors (Lipinski definition) is 2. The van der Waals surface area contributed by atoms with E-state index in [4.69, 9.17) is 9.47 Å². The van der Waals surface area contributed by atoms with Gasteiger partial charge in [-0.1, -0.05) is 31.9 Å². The van der Waals surface area contributed by atoms with Gasteiger partial charge in [0.15, 0.2) is 0 Å². The van der Waals surface area contributed by atoms with Crippen LogP contribution < -0.4 is 10.2 Å². The highest BCUT2D eigenvalue weighted by molar-refractivity contribution is 5.76. The molecule has 2 aliphatic heterocycles. The lowest BCUT2D eigenvalue weighted by Crippen LogP contribution is -3.16. The van der Waals surface area contributed by atoms with Gasteiger partial charge in [0.2, 0.25) is 0 Å². The molecule has 0 amide bonds. The third-order valence-electron chi connectivity index (χ3n) is 7.40. The smallest absolute Gasteiger partial charge is 0.315 e. The fraction of sp³-hybridized carbons (Fsp3) is 0.857. The van der Waals surface area contributed by atoms with Crippen LogP contribution in [0.5, 0.6) is 0 Å². The van der Waals surface area contributed by atoms with Crippen molar-refractivity contribution in [3.63, 3.8) is 0 Å². The number of ether oxygens (including phenoxy) is 2. The lowest BCUT2D eigenvalue weighted by atomic mass is 9.59. The Kier molecular flexibility index (Phi) is 5.40. The van der Waals surface area contributed by atoms with Crippen LogP contribution in [0.15, 0.2) is 11.6 Å². The molecular formula is C21H36N2O3+2. The zero-order chi connectivity index (χ0) is 18.1. The molecule has 1 saturated carbocycles. The monoisotopic (exact) mass is 364 g/mol. The number of nitrogens with one attached hydrogen (secondary N) is 1. The maximum Gasteiger partial charge on any atom is 0.315 e. The van der Waals surface area contributed by atoms with Crippen molar-refractivity contribution in [2.75, 3.05) is 45.9 Å². The van der Waals surface area contributed by atoms with Crippen LogP contribution >= 0.6 is 0 Å². The van der Waals surface area contributed by atoms with E-state index in [0.29, 0.717) is 11.8 Å². The molecular weight excluding hydrogens is 328 g/mol. The topological polar surface area (TPSA) is 56.6 Å². The Morgan fingerprint density at radius 3 is 2.96 bits per heavy atom. The minimum atomic E-state index is 0.0433. The van der Waals surface area contributed by atoms with E-state index in [1.807, 2.05) is 0 Å². The normalized spacial score (nSPS) is 40.5. The van der Waals surface area contributed by atoms with Crippen LogP contribution in [0.4, 0.5) is 0 Å². The number of carbonyl (C=O) groups excluding carboxylic acids is 1. The molecule has 0 aromatic heterocycles. The zero-order valence-electron chi connectivity index (χ0n) is 16.5. The molecule has 2 heterocycles. The van der Waals surface area contributed by atoms with Gasteiger partial charge >= 0.3 is 5.97 Å². The molecule has 5 heteroatoms. The van der Waals surface area contributed by atoms with Crippen LogP contribution in [0.2, 0.25) is 0 Å². The molecule has 0 radical (unpaired) electrons. The van der Waals surface area contributed by atoms with Gasteiger partial charge in [-0.3, -0.25) is 4.79 Å². The fourth-order valence-electron chi connectivity index (χ4n) is 5.83. The van der Waals surface area contributed by atoms with Crippen LogP contribution in [-0.4, -0.2) is 58.0 Å². The zero-order valence-corrected chi connectivity index (χ0v) is 16.5. The highest BCUT2D eigenvalue weighted by atomic mass is 16.6. The number of carbonyl (C=O) groups is 1. The summed E-state index contributed by atoms with van der Waals surface area (Å²) in [6, 6.07) is 0.